The summed E-state index contributed by atoms with van der Waals surface area (Å²) in [6.45, 7) is 20.7. The first kappa shape index (κ1) is 33.7. The first-order valence-corrected chi connectivity index (χ1v) is 15.8. The molecule has 1 aromatic rings. The highest BCUT2D eigenvalue weighted by Crippen LogP contribution is 2.44. The van der Waals surface area contributed by atoms with E-state index in [9.17, 15) is 9.59 Å². The molecule has 0 spiro atoms. The molecule has 1 fully saturated rings. The van der Waals surface area contributed by atoms with Crippen LogP contribution in [0.1, 0.15) is 113 Å². The molecular weight excluding hydrogens is 514 g/mol. The highest BCUT2D eigenvalue weighted by Gasteiger charge is 2.30. The molecule has 0 amide bonds. The fraction of sp³-hybridized carbons (Fsp3) is 0.543. The van der Waals surface area contributed by atoms with Gasteiger partial charge >= 0.3 is 0 Å². The number of hydrogen-bond donors (Lipinski definition) is 0. The predicted molar refractivity (Wildman–Crippen MR) is 173 cm³/mol. The molecule has 1 unspecified atom stereocenters. The van der Waals surface area contributed by atoms with Crippen molar-refractivity contribution in [1.29, 1.82) is 0 Å². The Hall–Kier alpha value is -2.50. The molecule has 1 saturated heterocycles. The lowest BCUT2D eigenvalue weighted by Gasteiger charge is -2.35. The second kappa shape index (κ2) is 17.3. The Kier molecular flexibility index (Phi) is 14.6. The van der Waals surface area contributed by atoms with Gasteiger partial charge in [0, 0.05) is 41.8 Å². The molecule has 1 atom stereocenters. The van der Waals surface area contributed by atoms with E-state index in [-0.39, 0.29) is 11.6 Å². The summed E-state index contributed by atoms with van der Waals surface area (Å²) >= 11 is 1.82. The largest absolute Gasteiger partial charge is 0.381 e. The zero-order valence-electron chi connectivity index (χ0n) is 26.0. The maximum Gasteiger partial charge on any atom is 0.187 e. The van der Waals surface area contributed by atoms with Gasteiger partial charge in [0.15, 0.2) is 11.6 Å². The minimum Gasteiger partial charge on any atom is -0.381 e. The molecule has 0 aliphatic carbocycles. The third-order valence-electron chi connectivity index (χ3n) is 7.70. The van der Waals surface area contributed by atoms with Crippen molar-refractivity contribution in [2.24, 2.45) is 0 Å². The number of anilines is 1. The molecule has 0 N–H and O–H groups in total. The number of ketones is 2. The maximum absolute atomic E-state index is 14.1. The van der Waals surface area contributed by atoms with Crippen LogP contribution in [-0.2, 0) is 9.53 Å². The summed E-state index contributed by atoms with van der Waals surface area (Å²) < 4.78 is 5.65. The van der Waals surface area contributed by atoms with Crippen molar-refractivity contribution < 1.29 is 14.3 Å². The molecule has 1 aliphatic heterocycles. The van der Waals surface area contributed by atoms with Crippen LogP contribution in [0.25, 0.3) is 0 Å². The standard InChI is InChI=1S/C35H51NO3S/c1-9-14-18-28(16-11-3)34-33(27(8)35(40-34)36(13-5)29-19-21-39-22-20-29)32(38)24-25(6)23-30(26(7)15-10-2)31(37)17-12-4/h9-10,12,15,17,24,28-29H,1,11,13-14,16,18-23H2,2-8H3. The van der Waals surface area contributed by atoms with Crippen LogP contribution in [0.4, 0.5) is 5.00 Å². The molecule has 0 bridgehead atoms. The van der Waals surface area contributed by atoms with E-state index < -0.39 is 0 Å². The lowest BCUT2D eigenvalue weighted by molar-refractivity contribution is -0.111. The van der Waals surface area contributed by atoms with Gasteiger partial charge in [0.1, 0.15) is 0 Å². The van der Waals surface area contributed by atoms with Gasteiger partial charge in [0.05, 0.1) is 5.00 Å². The number of hydrogen-bond acceptors (Lipinski definition) is 5. The number of carbonyl (C=O) groups is 2. The van der Waals surface area contributed by atoms with Gasteiger partial charge < -0.3 is 9.64 Å². The van der Waals surface area contributed by atoms with E-state index in [1.165, 1.54) is 9.88 Å². The SMILES string of the molecule is C=CCCC(CCC)c1sc(N(CC)C2CCOCC2)c(C)c1C(=O)C=C(C)CC(C(=O)C=CC)=C(C)C=CC. The van der Waals surface area contributed by atoms with Crippen molar-refractivity contribution >= 4 is 27.9 Å². The van der Waals surface area contributed by atoms with Crippen molar-refractivity contribution in [3.8, 4) is 0 Å². The van der Waals surface area contributed by atoms with Crippen LogP contribution in [0.2, 0.25) is 0 Å². The summed E-state index contributed by atoms with van der Waals surface area (Å²) in [6.07, 6.45) is 17.6. The molecule has 2 heterocycles. The molecule has 5 heteroatoms. The second-order valence-electron chi connectivity index (χ2n) is 10.8. The third kappa shape index (κ3) is 9.01. The molecule has 4 nitrogen and oxygen atoms in total. The number of allylic oxidation sites excluding steroid dienone is 9. The zero-order valence-corrected chi connectivity index (χ0v) is 26.8. The van der Waals surface area contributed by atoms with E-state index in [1.54, 1.807) is 18.2 Å². The topological polar surface area (TPSA) is 46.6 Å². The van der Waals surface area contributed by atoms with Crippen LogP contribution in [0, 0.1) is 6.92 Å². The van der Waals surface area contributed by atoms with Gasteiger partial charge in [-0.1, -0.05) is 43.2 Å². The molecule has 0 radical (unpaired) electrons. The molecule has 1 aromatic heterocycles. The molecular formula is C35H51NO3S. The fourth-order valence-electron chi connectivity index (χ4n) is 5.68. The lowest BCUT2D eigenvalue weighted by atomic mass is 9.90. The van der Waals surface area contributed by atoms with E-state index in [0.717, 1.165) is 86.1 Å². The minimum atomic E-state index is -0.00419. The van der Waals surface area contributed by atoms with E-state index in [1.807, 2.05) is 57.3 Å². The van der Waals surface area contributed by atoms with Crippen LogP contribution in [0.15, 0.2) is 59.8 Å². The van der Waals surface area contributed by atoms with Crippen molar-refractivity contribution in [2.45, 2.75) is 105 Å². The fourth-order valence-corrected chi connectivity index (χ4v) is 7.30. The van der Waals surface area contributed by atoms with Crippen LogP contribution in [0.3, 0.4) is 0 Å². The van der Waals surface area contributed by atoms with Crippen LogP contribution >= 0.6 is 11.3 Å². The maximum atomic E-state index is 14.1. The normalized spacial score (nSPS) is 16.4. The Morgan fingerprint density at radius 2 is 1.77 bits per heavy atom. The Morgan fingerprint density at radius 3 is 2.35 bits per heavy atom. The third-order valence-corrected chi connectivity index (χ3v) is 9.19. The average molecular weight is 566 g/mol. The summed E-state index contributed by atoms with van der Waals surface area (Å²) in [5.74, 6) is 0.373. The van der Waals surface area contributed by atoms with Crippen LogP contribution < -0.4 is 4.90 Å². The average Bonchev–Trinajstić information content (AvgIpc) is 3.27. The van der Waals surface area contributed by atoms with E-state index in [4.69, 9.17) is 4.74 Å². The Bertz CT molecular complexity index is 1130. The molecule has 2 rings (SSSR count). The number of thiophene rings is 1. The number of ether oxygens (including phenoxy) is 1. The smallest absolute Gasteiger partial charge is 0.187 e. The van der Waals surface area contributed by atoms with Gasteiger partial charge in [0.2, 0.25) is 0 Å². The first-order chi connectivity index (χ1) is 19.2. The lowest BCUT2D eigenvalue weighted by Crippen LogP contribution is -2.39. The Morgan fingerprint density at radius 1 is 1.10 bits per heavy atom. The Balaban J connectivity index is 2.59. The van der Waals surface area contributed by atoms with Crippen LogP contribution in [-0.4, -0.2) is 37.4 Å². The molecule has 220 valence electrons. The van der Waals surface area contributed by atoms with E-state index >= 15 is 0 Å². The molecule has 1 aliphatic rings. The first-order valence-electron chi connectivity index (χ1n) is 15.0. The number of rotatable bonds is 16. The zero-order chi connectivity index (χ0) is 29.7. The van der Waals surface area contributed by atoms with Gasteiger partial charge in [-0.2, -0.15) is 0 Å². The second-order valence-corrected chi connectivity index (χ2v) is 11.8. The van der Waals surface area contributed by atoms with E-state index in [0.29, 0.717) is 18.4 Å². The van der Waals surface area contributed by atoms with Gasteiger partial charge in [-0.15, -0.1) is 17.9 Å². The van der Waals surface area contributed by atoms with Gasteiger partial charge in [-0.05, 0) is 109 Å². The van der Waals surface area contributed by atoms with Crippen molar-refractivity contribution in [2.75, 3.05) is 24.7 Å². The molecule has 40 heavy (non-hydrogen) atoms. The van der Waals surface area contributed by atoms with E-state index in [2.05, 4.69) is 32.3 Å². The van der Waals surface area contributed by atoms with Crippen molar-refractivity contribution in [3.63, 3.8) is 0 Å². The monoisotopic (exact) mass is 565 g/mol. The summed E-state index contributed by atoms with van der Waals surface area (Å²) in [7, 11) is 0. The van der Waals surface area contributed by atoms with Crippen LogP contribution in [0.5, 0.6) is 0 Å². The Labute approximate surface area is 247 Å². The summed E-state index contributed by atoms with van der Waals surface area (Å²) in [6, 6.07) is 0.432. The number of nitrogens with zero attached hydrogens (tertiary/aromatic N) is 1. The minimum absolute atomic E-state index is 0.00419. The quantitative estimate of drug-likeness (QED) is 0.0867. The van der Waals surface area contributed by atoms with Gasteiger partial charge in [-0.25, -0.2) is 0 Å². The van der Waals surface area contributed by atoms with Crippen molar-refractivity contribution in [3.05, 3.63) is 75.8 Å². The molecule has 0 saturated carbocycles. The van der Waals surface area contributed by atoms with Crippen molar-refractivity contribution in [1.82, 2.24) is 0 Å². The highest BCUT2D eigenvalue weighted by atomic mass is 32.1. The summed E-state index contributed by atoms with van der Waals surface area (Å²) in [5.41, 5.74) is 4.51. The van der Waals surface area contributed by atoms with Gasteiger partial charge in [0.25, 0.3) is 0 Å². The predicted octanol–water partition coefficient (Wildman–Crippen LogP) is 9.47. The number of carbonyl (C=O) groups excluding carboxylic acids is 2. The summed E-state index contributed by atoms with van der Waals surface area (Å²) in [5, 5.41) is 1.23. The van der Waals surface area contributed by atoms with Gasteiger partial charge in [-0.3, -0.25) is 9.59 Å². The molecule has 0 aromatic carbocycles. The highest BCUT2D eigenvalue weighted by molar-refractivity contribution is 7.16. The summed E-state index contributed by atoms with van der Waals surface area (Å²) in [4.78, 5) is 30.7.